The van der Waals surface area contributed by atoms with Gasteiger partial charge in [-0.15, -0.1) is 0 Å². The highest BCUT2D eigenvalue weighted by molar-refractivity contribution is 5.26. The molecule has 0 atom stereocenters. The first-order chi connectivity index (χ1) is 7.41. The Morgan fingerprint density at radius 2 is 1.88 bits per heavy atom. The molecule has 0 saturated heterocycles. The van der Waals surface area contributed by atoms with Gasteiger partial charge in [-0.3, -0.25) is 0 Å². The molecule has 0 aromatic rings. The summed E-state index contributed by atoms with van der Waals surface area (Å²) in [6.45, 7) is 6.36. The van der Waals surface area contributed by atoms with E-state index in [4.69, 9.17) is 4.74 Å². The molecule has 0 amide bonds. The second-order valence-corrected chi connectivity index (χ2v) is 6.14. The first-order valence-corrected chi connectivity index (χ1v) is 6.21. The summed E-state index contributed by atoms with van der Waals surface area (Å²) in [7, 11) is 0. The maximum absolute atomic E-state index is 13.4. The molecule has 90 valence electrons. The number of hydrogen-bond donors (Lipinski definition) is 0. The van der Waals surface area contributed by atoms with E-state index in [-0.39, 0.29) is 10.8 Å². The van der Waals surface area contributed by atoms with Crippen molar-refractivity contribution in [2.75, 3.05) is 0 Å². The third-order valence-corrected chi connectivity index (χ3v) is 3.40. The number of rotatable bonds is 0. The van der Waals surface area contributed by atoms with Crippen LogP contribution in [-0.4, -0.2) is 0 Å². The first-order valence-electron chi connectivity index (χ1n) is 6.21. The molecule has 0 N–H and O–H groups in total. The van der Waals surface area contributed by atoms with Crippen LogP contribution in [0.3, 0.4) is 0 Å². The van der Waals surface area contributed by atoms with Crippen LogP contribution in [0, 0.1) is 10.8 Å². The van der Waals surface area contributed by atoms with Gasteiger partial charge in [0.1, 0.15) is 5.76 Å². The molecule has 1 saturated carbocycles. The summed E-state index contributed by atoms with van der Waals surface area (Å²) in [6, 6.07) is -0.405. The molecule has 2 aliphatic rings. The fourth-order valence-electron chi connectivity index (χ4n) is 2.66. The summed E-state index contributed by atoms with van der Waals surface area (Å²) in [5, 5.41) is 0. The lowest BCUT2D eigenvalue weighted by atomic mass is 9.72. The molecular weight excluding hydrogens is 203 g/mol. The van der Waals surface area contributed by atoms with Gasteiger partial charge in [0.2, 0.25) is 0 Å². The van der Waals surface area contributed by atoms with Crippen LogP contribution < -0.4 is 0 Å². The summed E-state index contributed by atoms with van der Waals surface area (Å²) in [6.07, 6.45) is 9.46. The zero-order chi connectivity index (χ0) is 11.8. The third kappa shape index (κ3) is 2.31. The number of allylic oxidation sites excluding steroid dienone is 2. The molecule has 1 fully saturated rings. The fraction of sp³-hybridized carbons (Fsp3) is 0.714. The smallest absolute Gasteiger partial charge is 0.274 e. The Bertz CT molecular complexity index is 327. The van der Waals surface area contributed by atoms with Crippen LogP contribution in [0.1, 0.15) is 52.9 Å². The molecule has 1 aliphatic carbocycles. The Hall–Kier alpha value is -0.790. The maximum Gasteiger partial charge on any atom is 0.274 e. The Kier molecular flexibility index (Phi) is 2.85. The molecule has 1 nitrogen and oxygen atoms in total. The van der Waals surface area contributed by atoms with Crippen molar-refractivity contribution in [2.24, 2.45) is 10.8 Å². The molecule has 1 spiro atoms. The van der Waals surface area contributed by atoms with Crippen molar-refractivity contribution in [1.82, 2.24) is 0 Å². The molecule has 0 radical (unpaired) electrons. The lowest BCUT2D eigenvalue weighted by Crippen LogP contribution is -2.23. The van der Waals surface area contributed by atoms with Crippen molar-refractivity contribution in [3.63, 3.8) is 0 Å². The Labute approximate surface area is 97.4 Å². The number of halogens is 1. The quantitative estimate of drug-likeness (QED) is 0.579. The van der Waals surface area contributed by atoms with Crippen LogP contribution in [0.2, 0.25) is 0 Å². The van der Waals surface area contributed by atoms with E-state index in [2.05, 4.69) is 26.8 Å². The van der Waals surface area contributed by atoms with Crippen molar-refractivity contribution < 1.29 is 9.13 Å². The van der Waals surface area contributed by atoms with E-state index < -0.39 is 6.01 Å². The molecule has 2 rings (SSSR count). The van der Waals surface area contributed by atoms with Crippen molar-refractivity contribution >= 4 is 0 Å². The SMILES string of the molecule is CC(C)(C)/C=C1\OC(F)=CC12CCCCC2. The van der Waals surface area contributed by atoms with E-state index in [1.807, 2.05) is 0 Å². The van der Waals surface area contributed by atoms with Crippen molar-refractivity contribution in [3.05, 3.63) is 23.9 Å². The second kappa shape index (κ2) is 3.90. The highest BCUT2D eigenvalue weighted by Gasteiger charge is 2.41. The van der Waals surface area contributed by atoms with Gasteiger partial charge in [-0.1, -0.05) is 40.0 Å². The fourth-order valence-corrected chi connectivity index (χ4v) is 2.66. The predicted molar refractivity (Wildman–Crippen MR) is 63.3 cm³/mol. The zero-order valence-electron chi connectivity index (χ0n) is 10.5. The van der Waals surface area contributed by atoms with Gasteiger partial charge in [-0.25, -0.2) is 0 Å². The average molecular weight is 224 g/mol. The maximum atomic E-state index is 13.4. The molecule has 16 heavy (non-hydrogen) atoms. The molecule has 1 aliphatic heterocycles. The Morgan fingerprint density at radius 1 is 1.25 bits per heavy atom. The lowest BCUT2D eigenvalue weighted by molar-refractivity contribution is 0.175. The average Bonchev–Trinajstić information content (AvgIpc) is 2.41. The molecule has 2 heteroatoms. The molecule has 0 unspecified atom stereocenters. The van der Waals surface area contributed by atoms with Gasteiger partial charge in [-0.05, 0) is 24.3 Å². The molecule has 0 aromatic carbocycles. The van der Waals surface area contributed by atoms with Crippen molar-refractivity contribution in [2.45, 2.75) is 52.9 Å². The van der Waals surface area contributed by atoms with E-state index in [1.54, 1.807) is 6.08 Å². The lowest BCUT2D eigenvalue weighted by Gasteiger charge is -2.32. The zero-order valence-corrected chi connectivity index (χ0v) is 10.5. The molecular formula is C14H21FO. The summed E-state index contributed by atoms with van der Waals surface area (Å²) in [5.74, 6) is 0.845. The summed E-state index contributed by atoms with van der Waals surface area (Å²) >= 11 is 0. The molecule has 0 aromatic heterocycles. The standard InChI is InChI=1S/C14H21FO/c1-13(2,3)9-11-14(10-12(15)16-11)7-5-4-6-8-14/h9-10H,4-8H2,1-3H3/b11-9-. The van der Waals surface area contributed by atoms with Crippen LogP contribution in [0.15, 0.2) is 23.9 Å². The van der Waals surface area contributed by atoms with Gasteiger partial charge in [0.15, 0.2) is 0 Å². The van der Waals surface area contributed by atoms with E-state index in [1.165, 1.54) is 19.3 Å². The summed E-state index contributed by atoms with van der Waals surface area (Å²) in [4.78, 5) is 0. The summed E-state index contributed by atoms with van der Waals surface area (Å²) in [5.41, 5.74) is -0.0894. The van der Waals surface area contributed by atoms with Crippen LogP contribution in [0.4, 0.5) is 4.39 Å². The third-order valence-electron chi connectivity index (χ3n) is 3.40. The van der Waals surface area contributed by atoms with Gasteiger partial charge in [0.25, 0.3) is 6.01 Å². The van der Waals surface area contributed by atoms with Crippen LogP contribution in [0.5, 0.6) is 0 Å². The van der Waals surface area contributed by atoms with Gasteiger partial charge >= 0.3 is 0 Å². The van der Waals surface area contributed by atoms with Gasteiger partial charge < -0.3 is 4.74 Å². The number of hydrogen-bond acceptors (Lipinski definition) is 1. The first kappa shape index (κ1) is 11.7. The van der Waals surface area contributed by atoms with Gasteiger partial charge in [-0.2, -0.15) is 4.39 Å². The minimum absolute atomic E-state index is 0.0399. The van der Waals surface area contributed by atoms with Crippen LogP contribution in [0.25, 0.3) is 0 Å². The minimum Gasteiger partial charge on any atom is -0.436 e. The summed E-state index contributed by atoms with van der Waals surface area (Å²) < 4.78 is 18.7. The van der Waals surface area contributed by atoms with Gasteiger partial charge in [0, 0.05) is 6.08 Å². The Morgan fingerprint density at radius 3 is 2.44 bits per heavy atom. The van der Waals surface area contributed by atoms with E-state index in [0.717, 1.165) is 18.6 Å². The predicted octanol–water partition coefficient (Wildman–Crippen LogP) is 4.71. The van der Waals surface area contributed by atoms with Crippen LogP contribution >= 0.6 is 0 Å². The largest absolute Gasteiger partial charge is 0.436 e. The topological polar surface area (TPSA) is 9.23 Å². The van der Waals surface area contributed by atoms with Crippen molar-refractivity contribution in [3.8, 4) is 0 Å². The molecule has 0 bridgehead atoms. The van der Waals surface area contributed by atoms with E-state index in [0.29, 0.717) is 0 Å². The highest BCUT2D eigenvalue weighted by atomic mass is 19.1. The monoisotopic (exact) mass is 224 g/mol. The minimum atomic E-state index is -0.405. The second-order valence-electron chi connectivity index (χ2n) is 6.14. The Balaban J connectivity index is 2.29. The van der Waals surface area contributed by atoms with Crippen LogP contribution in [-0.2, 0) is 4.74 Å². The number of ether oxygens (including phenoxy) is 1. The normalized spacial score (nSPS) is 27.0. The highest BCUT2D eigenvalue weighted by Crippen LogP contribution is 2.50. The molecule has 1 heterocycles. The van der Waals surface area contributed by atoms with E-state index in [9.17, 15) is 4.39 Å². The van der Waals surface area contributed by atoms with Crippen molar-refractivity contribution in [1.29, 1.82) is 0 Å². The van der Waals surface area contributed by atoms with E-state index >= 15 is 0 Å². The van der Waals surface area contributed by atoms with Gasteiger partial charge in [0.05, 0.1) is 5.41 Å².